The number of para-hydroxylation sites is 1. The van der Waals surface area contributed by atoms with E-state index in [1.165, 1.54) is 9.80 Å². The minimum Gasteiger partial charge on any atom is -0.480 e. The normalized spacial score (nSPS) is 24.3. The van der Waals surface area contributed by atoms with Crippen LogP contribution in [0.1, 0.15) is 74.8 Å². The summed E-state index contributed by atoms with van der Waals surface area (Å²) in [4.78, 5) is 76.3. The van der Waals surface area contributed by atoms with Crippen LogP contribution < -0.4 is 4.90 Å². The third-order valence-corrected chi connectivity index (χ3v) is 10.6. The van der Waals surface area contributed by atoms with Gasteiger partial charge in [-0.05, 0) is 74.8 Å². The molecule has 11 heteroatoms. The second-order valence-electron chi connectivity index (χ2n) is 14.9. The molecule has 2 saturated heterocycles. The summed E-state index contributed by atoms with van der Waals surface area (Å²) in [7, 11) is 0. The number of nitrogens with zero attached hydrogens (tertiary/aromatic N) is 4. The molecule has 4 heterocycles. The van der Waals surface area contributed by atoms with Gasteiger partial charge < -0.3 is 24.5 Å². The molecule has 0 aliphatic carbocycles. The van der Waals surface area contributed by atoms with Gasteiger partial charge in [0.2, 0.25) is 17.7 Å². The highest BCUT2D eigenvalue weighted by Gasteiger charge is 2.51. The SMILES string of the molecule is CC(C)(C)OC(=O)N1c2ccccc2C[C@@H]1C(=O)N1[C@@H](C(=O)N2Cc3ccccc3C[C@@H]2C(=O)N2CCC[C@H]2C(=O)O)CC[C@H]1c1ccccc1. The van der Waals surface area contributed by atoms with E-state index in [1.54, 1.807) is 36.6 Å². The Morgan fingerprint density at radius 3 is 2.00 bits per heavy atom. The van der Waals surface area contributed by atoms with Gasteiger partial charge in [0.25, 0.3) is 0 Å². The second kappa shape index (κ2) is 13.5. The molecule has 266 valence electrons. The zero-order valence-electron chi connectivity index (χ0n) is 29.2. The van der Waals surface area contributed by atoms with Crippen molar-refractivity contribution in [1.82, 2.24) is 14.7 Å². The van der Waals surface area contributed by atoms with Crippen LogP contribution in [0, 0.1) is 0 Å². The summed E-state index contributed by atoms with van der Waals surface area (Å²) < 4.78 is 5.81. The maximum absolute atomic E-state index is 15.1. The average Bonchev–Trinajstić information content (AvgIpc) is 3.87. The summed E-state index contributed by atoms with van der Waals surface area (Å²) in [5, 5.41) is 9.91. The van der Waals surface area contributed by atoms with Gasteiger partial charge in [-0.3, -0.25) is 19.3 Å². The number of hydrogen-bond acceptors (Lipinski definition) is 6. The van der Waals surface area contributed by atoms with Crippen molar-refractivity contribution in [3.63, 3.8) is 0 Å². The molecule has 5 atom stereocenters. The average molecular weight is 693 g/mol. The van der Waals surface area contributed by atoms with E-state index in [0.29, 0.717) is 37.9 Å². The summed E-state index contributed by atoms with van der Waals surface area (Å²) in [5.74, 6) is -2.17. The Kier molecular flexibility index (Phi) is 9.07. The van der Waals surface area contributed by atoms with E-state index in [1.807, 2.05) is 72.8 Å². The molecule has 2 fully saturated rings. The molecule has 4 aliphatic rings. The minimum absolute atomic E-state index is 0.157. The Morgan fingerprint density at radius 1 is 0.667 bits per heavy atom. The van der Waals surface area contributed by atoms with Gasteiger partial charge in [0.05, 0.1) is 11.7 Å². The second-order valence-corrected chi connectivity index (χ2v) is 14.9. The molecule has 0 saturated carbocycles. The highest BCUT2D eigenvalue weighted by molar-refractivity contribution is 6.02. The van der Waals surface area contributed by atoms with Crippen molar-refractivity contribution in [2.75, 3.05) is 11.4 Å². The molecule has 0 bridgehead atoms. The zero-order valence-corrected chi connectivity index (χ0v) is 29.2. The van der Waals surface area contributed by atoms with Crippen LogP contribution >= 0.6 is 0 Å². The van der Waals surface area contributed by atoms with Crippen molar-refractivity contribution < 1.29 is 33.8 Å². The number of carbonyl (C=O) groups excluding carboxylic acids is 4. The molecular formula is C40H44N4O7. The molecule has 3 aromatic carbocycles. The van der Waals surface area contributed by atoms with Gasteiger partial charge in [-0.25, -0.2) is 9.59 Å². The molecule has 4 aliphatic heterocycles. The van der Waals surface area contributed by atoms with Gasteiger partial charge in [-0.1, -0.05) is 72.8 Å². The lowest BCUT2D eigenvalue weighted by Crippen LogP contribution is -2.60. The summed E-state index contributed by atoms with van der Waals surface area (Å²) in [5.41, 5.74) is 3.34. The predicted molar refractivity (Wildman–Crippen MR) is 189 cm³/mol. The first-order chi connectivity index (χ1) is 24.4. The Morgan fingerprint density at radius 2 is 1.29 bits per heavy atom. The number of hydrogen-bond donors (Lipinski definition) is 1. The number of anilines is 1. The fourth-order valence-corrected chi connectivity index (χ4v) is 8.30. The molecule has 7 rings (SSSR count). The van der Waals surface area contributed by atoms with Crippen LogP contribution in [0.15, 0.2) is 78.9 Å². The maximum Gasteiger partial charge on any atom is 0.415 e. The van der Waals surface area contributed by atoms with E-state index in [0.717, 1.165) is 22.3 Å². The number of rotatable bonds is 5. The molecule has 1 N–H and O–H groups in total. The molecule has 51 heavy (non-hydrogen) atoms. The fourth-order valence-electron chi connectivity index (χ4n) is 8.30. The van der Waals surface area contributed by atoms with E-state index in [-0.39, 0.29) is 37.1 Å². The third kappa shape index (κ3) is 6.45. The Balaban J connectivity index is 1.26. The van der Waals surface area contributed by atoms with Gasteiger partial charge in [0, 0.05) is 25.9 Å². The van der Waals surface area contributed by atoms with Crippen molar-refractivity contribution in [3.8, 4) is 0 Å². The lowest BCUT2D eigenvalue weighted by molar-refractivity contribution is -0.156. The van der Waals surface area contributed by atoms with Crippen LogP contribution in [-0.4, -0.2) is 85.9 Å². The highest BCUT2D eigenvalue weighted by Crippen LogP contribution is 2.42. The summed E-state index contributed by atoms with van der Waals surface area (Å²) in [6.07, 6.45) is 1.67. The first-order valence-electron chi connectivity index (χ1n) is 17.8. The van der Waals surface area contributed by atoms with Crippen LogP contribution in [0.2, 0.25) is 0 Å². The number of carbonyl (C=O) groups is 5. The van der Waals surface area contributed by atoms with Crippen LogP contribution in [0.25, 0.3) is 0 Å². The minimum atomic E-state index is -1.06. The number of benzene rings is 3. The van der Waals surface area contributed by atoms with E-state index in [2.05, 4.69) is 0 Å². The van der Waals surface area contributed by atoms with Gasteiger partial charge >= 0.3 is 12.1 Å². The lowest BCUT2D eigenvalue weighted by atomic mass is 9.92. The predicted octanol–water partition coefficient (Wildman–Crippen LogP) is 5.11. The van der Waals surface area contributed by atoms with Crippen LogP contribution in [0.3, 0.4) is 0 Å². The number of ether oxygens (including phenoxy) is 1. The van der Waals surface area contributed by atoms with Crippen molar-refractivity contribution in [1.29, 1.82) is 0 Å². The molecule has 3 aromatic rings. The van der Waals surface area contributed by atoms with Crippen molar-refractivity contribution >= 4 is 35.5 Å². The number of aliphatic carboxylic acids is 1. The van der Waals surface area contributed by atoms with Gasteiger partial charge in [0.1, 0.15) is 29.8 Å². The Hall–Kier alpha value is -5.19. The molecule has 0 aromatic heterocycles. The number of likely N-dealkylation sites (tertiary alicyclic amines) is 2. The van der Waals surface area contributed by atoms with Crippen molar-refractivity contribution in [2.45, 2.75) is 102 Å². The number of fused-ring (bicyclic) bond motifs is 2. The van der Waals surface area contributed by atoms with Gasteiger partial charge in [-0.2, -0.15) is 0 Å². The molecule has 0 unspecified atom stereocenters. The lowest BCUT2D eigenvalue weighted by Gasteiger charge is -2.42. The van der Waals surface area contributed by atoms with Gasteiger partial charge in [-0.15, -0.1) is 0 Å². The van der Waals surface area contributed by atoms with Crippen molar-refractivity contribution in [3.05, 3.63) is 101 Å². The molecule has 11 nitrogen and oxygen atoms in total. The monoisotopic (exact) mass is 692 g/mol. The topological polar surface area (TPSA) is 128 Å². The van der Waals surface area contributed by atoms with Crippen LogP contribution in [-0.2, 0) is 43.3 Å². The first-order valence-corrected chi connectivity index (χ1v) is 17.8. The van der Waals surface area contributed by atoms with E-state index in [4.69, 9.17) is 4.74 Å². The van der Waals surface area contributed by atoms with Gasteiger partial charge in [0.15, 0.2) is 0 Å². The Bertz CT molecular complexity index is 1860. The molecule has 0 radical (unpaired) electrons. The van der Waals surface area contributed by atoms with Crippen LogP contribution in [0.5, 0.6) is 0 Å². The summed E-state index contributed by atoms with van der Waals surface area (Å²) >= 11 is 0. The third-order valence-electron chi connectivity index (χ3n) is 10.6. The molecular weight excluding hydrogens is 648 g/mol. The molecule has 4 amide bonds. The quantitative estimate of drug-likeness (QED) is 0.394. The smallest absolute Gasteiger partial charge is 0.415 e. The zero-order chi connectivity index (χ0) is 36.0. The highest BCUT2D eigenvalue weighted by atomic mass is 16.6. The van der Waals surface area contributed by atoms with E-state index in [9.17, 15) is 19.5 Å². The first kappa shape index (κ1) is 34.3. The van der Waals surface area contributed by atoms with Crippen molar-refractivity contribution in [2.24, 2.45) is 0 Å². The fraction of sp³-hybridized carbons (Fsp3) is 0.425. The summed E-state index contributed by atoms with van der Waals surface area (Å²) in [6, 6.07) is 20.5. The number of amides is 4. The summed E-state index contributed by atoms with van der Waals surface area (Å²) in [6.45, 7) is 5.80. The maximum atomic E-state index is 15.1. The number of carboxylic acid groups (broad SMARTS) is 1. The van der Waals surface area contributed by atoms with E-state index >= 15 is 9.59 Å². The van der Waals surface area contributed by atoms with E-state index < -0.39 is 47.9 Å². The Labute approximate surface area is 297 Å². The largest absolute Gasteiger partial charge is 0.480 e. The standard InChI is InChI=1S/C40H44N4O7/c1-40(2,3)51-39(50)44-29-17-10-9-15-27(29)23-34(44)37(47)43-30(25-12-5-4-6-13-25)19-20-31(43)35(45)42-24-28-16-8-7-14-26(28)22-33(42)36(46)41-21-11-18-32(41)38(48)49/h4-10,12-17,30-34H,11,18-24H2,1-3H3,(H,48,49)/t30-,31+,32-,33+,34+/m0/s1. The molecule has 0 spiro atoms. The number of carboxylic acids is 1. The van der Waals surface area contributed by atoms with Crippen LogP contribution in [0.4, 0.5) is 10.5 Å².